The minimum absolute atomic E-state index is 0.0462. The zero-order valence-electron chi connectivity index (χ0n) is 17.2. The van der Waals surface area contributed by atoms with Gasteiger partial charge >= 0.3 is 18.2 Å². The molecule has 31 heavy (non-hydrogen) atoms. The second kappa shape index (κ2) is 9.25. The van der Waals surface area contributed by atoms with Gasteiger partial charge in [0.25, 0.3) is 0 Å². The fourth-order valence-corrected chi connectivity index (χ4v) is 3.19. The van der Waals surface area contributed by atoms with E-state index < -0.39 is 23.8 Å². The van der Waals surface area contributed by atoms with Crippen molar-refractivity contribution < 1.29 is 22.8 Å². The molecule has 0 aromatic heterocycles. The maximum atomic E-state index is 13.6. The minimum Gasteiger partial charge on any atom is -0.322 e. The molecule has 0 unspecified atom stereocenters. The lowest BCUT2D eigenvalue weighted by Crippen LogP contribution is -2.48. The standard InChI is InChI=1S/C21H24F3N5O2/c1-14-4-3-5-15(12-14)25-19(30)26-16-6-7-18(17(13-16)21(22,23)24)27-20(31)29-10-8-28(2)9-11-29/h3-7,12-13H,8-11H2,1-2H3,(H,27,31)(H2,25,26,30). The molecular weight excluding hydrogens is 411 g/mol. The number of alkyl halides is 3. The van der Waals surface area contributed by atoms with Crippen molar-refractivity contribution in [3.8, 4) is 0 Å². The molecule has 4 amide bonds. The summed E-state index contributed by atoms with van der Waals surface area (Å²) in [6.07, 6.45) is -4.71. The fraction of sp³-hybridized carbons (Fsp3) is 0.333. The van der Waals surface area contributed by atoms with Gasteiger partial charge in [0.1, 0.15) is 0 Å². The van der Waals surface area contributed by atoms with Gasteiger partial charge in [-0.05, 0) is 49.9 Å². The smallest absolute Gasteiger partial charge is 0.322 e. The lowest BCUT2D eigenvalue weighted by molar-refractivity contribution is -0.136. The number of rotatable bonds is 3. The van der Waals surface area contributed by atoms with Gasteiger partial charge in [0.2, 0.25) is 0 Å². The van der Waals surface area contributed by atoms with Gasteiger partial charge in [-0.15, -0.1) is 0 Å². The Kier molecular flexibility index (Phi) is 6.69. The molecule has 166 valence electrons. The molecule has 10 heteroatoms. The van der Waals surface area contributed by atoms with E-state index in [0.717, 1.165) is 17.7 Å². The van der Waals surface area contributed by atoms with Gasteiger partial charge in [0.05, 0.1) is 11.3 Å². The highest BCUT2D eigenvalue weighted by molar-refractivity contribution is 6.00. The highest BCUT2D eigenvalue weighted by Gasteiger charge is 2.35. The van der Waals surface area contributed by atoms with Gasteiger partial charge < -0.3 is 25.8 Å². The van der Waals surface area contributed by atoms with Crippen LogP contribution in [0.1, 0.15) is 11.1 Å². The molecule has 0 atom stereocenters. The molecule has 1 heterocycles. The quantitative estimate of drug-likeness (QED) is 0.667. The number of benzene rings is 2. The monoisotopic (exact) mass is 435 g/mol. The van der Waals surface area contributed by atoms with Crippen LogP contribution in [0.4, 0.5) is 39.8 Å². The fourth-order valence-electron chi connectivity index (χ4n) is 3.19. The Morgan fingerprint density at radius 2 is 1.55 bits per heavy atom. The van der Waals surface area contributed by atoms with Gasteiger partial charge in [0.15, 0.2) is 0 Å². The second-order valence-corrected chi connectivity index (χ2v) is 7.43. The molecule has 2 aromatic carbocycles. The van der Waals surface area contributed by atoms with Crippen molar-refractivity contribution in [2.75, 3.05) is 49.2 Å². The highest BCUT2D eigenvalue weighted by atomic mass is 19.4. The number of hydrogen-bond acceptors (Lipinski definition) is 3. The Morgan fingerprint density at radius 3 is 2.16 bits per heavy atom. The number of likely N-dealkylation sites (N-methyl/N-ethyl adjacent to an activating group) is 1. The van der Waals surface area contributed by atoms with E-state index >= 15 is 0 Å². The Balaban J connectivity index is 1.72. The maximum Gasteiger partial charge on any atom is 0.418 e. The summed E-state index contributed by atoms with van der Waals surface area (Å²) in [6, 6.07) is 9.00. The molecule has 3 N–H and O–H groups in total. The van der Waals surface area contributed by atoms with Crippen LogP contribution in [0.2, 0.25) is 0 Å². The first kappa shape index (κ1) is 22.4. The van der Waals surface area contributed by atoms with E-state index in [1.165, 1.54) is 11.0 Å². The van der Waals surface area contributed by atoms with E-state index in [1.54, 1.807) is 18.2 Å². The topological polar surface area (TPSA) is 76.7 Å². The van der Waals surface area contributed by atoms with Crippen LogP contribution < -0.4 is 16.0 Å². The largest absolute Gasteiger partial charge is 0.418 e. The molecule has 1 saturated heterocycles. The predicted molar refractivity (Wildman–Crippen MR) is 113 cm³/mol. The van der Waals surface area contributed by atoms with Crippen molar-refractivity contribution in [2.45, 2.75) is 13.1 Å². The van der Waals surface area contributed by atoms with Gasteiger partial charge in [-0.3, -0.25) is 0 Å². The van der Waals surface area contributed by atoms with Gasteiger partial charge in [-0.2, -0.15) is 13.2 Å². The molecule has 0 aliphatic carbocycles. The zero-order chi connectivity index (χ0) is 22.6. The number of piperazine rings is 1. The average molecular weight is 435 g/mol. The summed E-state index contributed by atoms with van der Waals surface area (Å²) in [5, 5.41) is 7.31. The van der Waals surface area contributed by atoms with Gasteiger partial charge in [-0.1, -0.05) is 12.1 Å². The molecule has 3 rings (SSSR count). The van der Waals surface area contributed by atoms with Crippen molar-refractivity contribution >= 4 is 29.1 Å². The van der Waals surface area contributed by atoms with Crippen LogP contribution in [0.3, 0.4) is 0 Å². The first-order valence-electron chi connectivity index (χ1n) is 9.72. The molecule has 0 radical (unpaired) electrons. The van der Waals surface area contributed by atoms with Crippen LogP contribution in [0.15, 0.2) is 42.5 Å². The second-order valence-electron chi connectivity index (χ2n) is 7.43. The predicted octanol–water partition coefficient (Wildman–Crippen LogP) is 4.44. The Bertz CT molecular complexity index is 956. The average Bonchev–Trinajstić information content (AvgIpc) is 2.68. The van der Waals surface area contributed by atoms with Crippen LogP contribution in [0, 0.1) is 6.92 Å². The first-order valence-corrected chi connectivity index (χ1v) is 9.72. The molecule has 1 aliphatic heterocycles. The number of aryl methyl sites for hydroxylation is 1. The highest BCUT2D eigenvalue weighted by Crippen LogP contribution is 2.36. The SMILES string of the molecule is Cc1cccc(NC(=O)Nc2ccc(NC(=O)N3CCN(C)CC3)c(C(F)(F)F)c2)c1. The number of halogens is 3. The number of nitrogens with one attached hydrogen (secondary N) is 3. The number of carbonyl (C=O) groups is 2. The van der Waals surface area contributed by atoms with E-state index in [4.69, 9.17) is 0 Å². The number of urea groups is 2. The van der Waals surface area contributed by atoms with Crippen molar-refractivity contribution in [3.63, 3.8) is 0 Å². The Hall–Kier alpha value is -3.27. The lowest BCUT2D eigenvalue weighted by atomic mass is 10.1. The number of anilines is 3. The van der Waals surface area contributed by atoms with Crippen molar-refractivity contribution in [2.24, 2.45) is 0 Å². The van der Waals surface area contributed by atoms with Gasteiger partial charge in [0, 0.05) is 37.6 Å². The number of nitrogens with zero attached hydrogens (tertiary/aromatic N) is 2. The van der Waals surface area contributed by atoms with E-state index in [0.29, 0.717) is 31.9 Å². The van der Waals surface area contributed by atoms with Crippen LogP contribution in [0.25, 0.3) is 0 Å². The van der Waals surface area contributed by atoms with E-state index in [2.05, 4.69) is 16.0 Å². The Labute approximate surface area is 178 Å². The van der Waals surface area contributed by atoms with E-state index in [1.807, 2.05) is 24.9 Å². The number of hydrogen-bond donors (Lipinski definition) is 3. The lowest BCUT2D eigenvalue weighted by Gasteiger charge is -2.32. The maximum absolute atomic E-state index is 13.6. The third-order valence-electron chi connectivity index (χ3n) is 4.89. The molecule has 2 aromatic rings. The van der Waals surface area contributed by atoms with Crippen LogP contribution in [-0.2, 0) is 6.18 Å². The molecule has 0 saturated carbocycles. The van der Waals surface area contributed by atoms with Crippen LogP contribution in [0.5, 0.6) is 0 Å². The Morgan fingerprint density at radius 1 is 0.903 bits per heavy atom. The van der Waals surface area contributed by atoms with Crippen molar-refractivity contribution in [3.05, 3.63) is 53.6 Å². The molecular formula is C21H24F3N5O2. The first-order chi connectivity index (χ1) is 14.6. The summed E-state index contributed by atoms with van der Waals surface area (Å²) in [5.41, 5.74) is 0.00156. The molecule has 0 spiro atoms. The molecule has 1 aliphatic rings. The van der Waals surface area contributed by atoms with Gasteiger partial charge in [-0.25, -0.2) is 9.59 Å². The summed E-state index contributed by atoms with van der Waals surface area (Å²) in [4.78, 5) is 28.1. The molecule has 7 nitrogen and oxygen atoms in total. The normalized spacial score (nSPS) is 14.8. The van der Waals surface area contributed by atoms with Crippen LogP contribution >= 0.6 is 0 Å². The summed E-state index contributed by atoms with van der Waals surface area (Å²) >= 11 is 0. The minimum atomic E-state index is -4.71. The van der Waals surface area contributed by atoms with Crippen molar-refractivity contribution in [1.29, 1.82) is 0 Å². The number of carbonyl (C=O) groups excluding carboxylic acids is 2. The molecule has 1 fully saturated rings. The summed E-state index contributed by atoms with van der Waals surface area (Å²) < 4.78 is 40.8. The summed E-state index contributed by atoms with van der Waals surface area (Å²) in [7, 11) is 1.91. The van der Waals surface area contributed by atoms with E-state index in [9.17, 15) is 22.8 Å². The van der Waals surface area contributed by atoms with Crippen LogP contribution in [-0.4, -0.2) is 55.1 Å². The molecule has 0 bridgehead atoms. The zero-order valence-corrected chi connectivity index (χ0v) is 17.2. The number of amides is 4. The summed E-state index contributed by atoms with van der Waals surface area (Å²) in [5.74, 6) is 0. The van der Waals surface area contributed by atoms with E-state index in [-0.39, 0.29) is 11.4 Å². The third kappa shape index (κ3) is 6.11. The van der Waals surface area contributed by atoms with Crippen molar-refractivity contribution in [1.82, 2.24) is 9.80 Å². The third-order valence-corrected chi connectivity index (χ3v) is 4.89. The summed E-state index contributed by atoms with van der Waals surface area (Å²) in [6.45, 7) is 4.02.